The number of hydrazone groups is 1. The molecular weight excluding hydrogens is 478 g/mol. The Morgan fingerprint density at radius 1 is 0.941 bits per heavy atom. The Morgan fingerprint density at radius 3 is 2.03 bits per heavy atom. The second kappa shape index (κ2) is 11.1. The van der Waals surface area contributed by atoms with Crippen LogP contribution in [0.3, 0.4) is 0 Å². The third kappa shape index (κ3) is 6.07. The monoisotopic (exact) mass is 499 g/mol. The predicted octanol–water partition coefficient (Wildman–Crippen LogP) is 3.32. The second-order valence-corrected chi connectivity index (χ2v) is 9.79. The van der Waals surface area contributed by atoms with Crippen molar-refractivity contribution in [1.82, 2.24) is 9.73 Å². The Labute approximate surface area is 202 Å². The van der Waals surface area contributed by atoms with E-state index in [4.69, 9.17) is 16.3 Å². The zero-order valence-corrected chi connectivity index (χ0v) is 20.0. The lowest BCUT2D eigenvalue weighted by atomic mass is 10.0. The van der Waals surface area contributed by atoms with Crippen molar-refractivity contribution in [1.29, 1.82) is 0 Å². The number of carbonyl (C=O) groups excluding carboxylic acids is 2. The number of rotatable bonds is 8. The number of benzene rings is 3. The molecule has 0 saturated heterocycles. The molecule has 3 aromatic carbocycles. The van der Waals surface area contributed by atoms with Gasteiger partial charge >= 0.3 is 5.97 Å². The summed E-state index contributed by atoms with van der Waals surface area (Å²) in [5.74, 6) is -1.61. The van der Waals surface area contributed by atoms with E-state index in [0.717, 1.165) is 21.5 Å². The van der Waals surface area contributed by atoms with Crippen LogP contribution in [0, 0.1) is 0 Å². The minimum absolute atomic E-state index is 0.00317. The van der Waals surface area contributed by atoms with Crippen molar-refractivity contribution in [3.63, 3.8) is 0 Å². The molecule has 10 heteroatoms. The zero-order chi connectivity index (χ0) is 24.7. The third-order valence-corrected chi connectivity index (χ3v) is 6.80. The van der Waals surface area contributed by atoms with Crippen molar-refractivity contribution in [3.05, 3.63) is 101 Å². The maximum Gasteiger partial charge on any atom is 0.340 e. The highest BCUT2D eigenvalue weighted by Crippen LogP contribution is 2.23. The highest BCUT2D eigenvalue weighted by atomic mass is 35.5. The molecule has 1 amide bonds. The lowest BCUT2D eigenvalue weighted by Gasteiger charge is -2.13. The average molecular weight is 500 g/mol. The van der Waals surface area contributed by atoms with Crippen LogP contribution < -0.4 is 5.43 Å². The molecule has 0 unspecified atom stereocenters. The van der Waals surface area contributed by atoms with Gasteiger partial charge in [0.1, 0.15) is 0 Å². The molecule has 0 atom stereocenters. The van der Waals surface area contributed by atoms with Crippen molar-refractivity contribution >= 4 is 39.2 Å². The molecule has 0 heterocycles. The minimum Gasteiger partial charge on any atom is -0.452 e. The van der Waals surface area contributed by atoms with Gasteiger partial charge in [0, 0.05) is 25.2 Å². The Hall–Kier alpha value is -3.53. The molecule has 0 bridgehead atoms. The fourth-order valence-corrected chi connectivity index (χ4v) is 4.00. The van der Waals surface area contributed by atoms with Crippen LogP contribution in [0.5, 0.6) is 0 Å². The smallest absolute Gasteiger partial charge is 0.340 e. The van der Waals surface area contributed by atoms with Crippen molar-refractivity contribution in [2.45, 2.75) is 4.90 Å². The molecule has 8 nitrogen and oxygen atoms in total. The summed E-state index contributed by atoms with van der Waals surface area (Å²) in [4.78, 5) is 24.7. The van der Waals surface area contributed by atoms with Crippen LogP contribution in [0.4, 0.5) is 0 Å². The first-order chi connectivity index (χ1) is 16.2. The highest BCUT2D eigenvalue weighted by molar-refractivity contribution is 7.89. The van der Waals surface area contributed by atoms with Crippen molar-refractivity contribution in [2.24, 2.45) is 5.10 Å². The highest BCUT2D eigenvalue weighted by Gasteiger charge is 2.22. The van der Waals surface area contributed by atoms with Gasteiger partial charge in [0.05, 0.1) is 21.2 Å². The van der Waals surface area contributed by atoms with Crippen LogP contribution in [-0.2, 0) is 19.6 Å². The number of ether oxygens (including phenoxy) is 1. The van der Waals surface area contributed by atoms with E-state index in [1.807, 2.05) is 60.7 Å². The summed E-state index contributed by atoms with van der Waals surface area (Å²) in [7, 11) is -1.05. The Bertz CT molecular complexity index is 1270. The standard InChI is InChI=1S/C24H22ClN3O5S/c1-28(2)34(31,32)19-13-14-21(25)20(15-19)24(30)33-16-22(29)26-27-23(17-9-5-3-6-10-17)18-11-7-4-8-12-18/h3-15H,16H2,1-2H3,(H,26,29). The van der Waals surface area contributed by atoms with Crippen LogP contribution in [-0.4, -0.2) is 51.0 Å². The molecule has 0 radical (unpaired) electrons. The van der Waals surface area contributed by atoms with Gasteiger partial charge in [0.25, 0.3) is 5.91 Å². The van der Waals surface area contributed by atoms with E-state index in [9.17, 15) is 18.0 Å². The normalized spacial score (nSPS) is 11.1. The molecular formula is C24H22ClN3O5S. The van der Waals surface area contributed by atoms with Gasteiger partial charge < -0.3 is 4.74 Å². The van der Waals surface area contributed by atoms with Gasteiger partial charge in [0.2, 0.25) is 10.0 Å². The zero-order valence-electron chi connectivity index (χ0n) is 18.4. The number of hydrogen-bond donors (Lipinski definition) is 1. The Kier molecular flexibility index (Phi) is 8.17. The van der Waals surface area contributed by atoms with E-state index in [0.29, 0.717) is 5.71 Å². The van der Waals surface area contributed by atoms with Crippen LogP contribution in [0.2, 0.25) is 5.02 Å². The summed E-state index contributed by atoms with van der Waals surface area (Å²) >= 11 is 6.04. The number of esters is 1. The van der Waals surface area contributed by atoms with Gasteiger partial charge in [-0.1, -0.05) is 72.3 Å². The van der Waals surface area contributed by atoms with Crippen LogP contribution in [0.25, 0.3) is 0 Å². The summed E-state index contributed by atoms with van der Waals surface area (Å²) in [5.41, 5.74) is 4.33. The van der Waals surface area contributed by atoms with E-state index >= 15 is 0 Å². The molecule has 176 valence electrons. The van der Waals surface area contributed by atoms with E-state index in [1.165, 1.54) is 26.2 Å². The molecule has 3 aromatic rings. The molecule has 0 fully saturated rings. The number of nitrogens with one attached hydrogen (secondary N) is 1. The first-order valence-electron chi connectivity index (χ1n) is 10.1. The summed E-state index contributed by atoms with van der Waals surface area (Å²) in [6.07, 6.45) is 0. The van der Waals surface area contributed by atoms with E-state index in [-0.39, 0.29) is 15.5 Å². The molecule has 34 heavy (non-hydrogen) atoms. The maximum absolute atomic E-state index is 12.5. The predicted molar refractivity (Wildman–Crippen MR) is 129 cm³/mol. The van der Waals surface area contributed by atoms with Gasteiger partial charge in [-0.25, -0.2) is 22.9 Å². The first-order valence-corrected chi connectivity index (χ1v) is 11.9. The number of hydrogen-bond acceptors (Lipinski definition) is 6. The van der Waals surface area contributed by atoms with Gasteiger partial charge in [0.15, 0.2) is 6.61 Å². The Balaban J connectivity index is 1.72. The number of nitrogens with zero attached hydrogens (tertiary/aromatic N) is 2. The average Bonchev–Trinajstić information content (AvgIpc) is 2.84. The number of carbonyl (C=O) groups is 2. The summed E-state index contributed by atoms with van der Waals surface area (Å²) in [5, 5.41) is 4.21. The van der Waals surface area contributed by atoms with Crippen molar-refractivity contribution in [3.8, 4) is 0 Å². The van der Waals surface area contributed by atoms with E-state index in [1.54, 1.807) is 0 Å². The summed E-state index contributed by atoms with van der Waals surface area (Å²) in [6, 6.07) is 22.2. The molecule has 0 aliphatic rings. The Morgan fingerprint density at radius 2 is 1.50 bits per heavy atom. The lowest BCUT2D eigenvalue weighted by Crippen LogP contribution is -2.26. The minimum atomic E-state index is -3.78. The van der Waals surface area contributed by atoms with Crippen LogP contribution in [0.15, 0.2) is 88.9 Å². The van der Waals surface area contributed by atoms with Crippen molar-refractivity contribution < 1.29 is 22.7 Å². The second-order valence-electron chi connectivity index (χ2n) is 7.23. The van der Waals surface area contributed by atoms with Crippen LogP contribution >= 0.6 is 11.6 Å². The third-order valence-electron chi connectivity index (χ3n) is 4.66. The van der Waals surface area contributed by atoms with Crippen LogP contribution in [0.1, 0.15) is 21.5 Å². The van der Waals surface area contributed by atoms with Gasteiger partial charge in [-0.15, -0.1) is 0 Å². The van der Waals surface area contributed by atoms with Gasteiger partial charge in [-0.3, -0.25) is 4.79 Å². The number of amides is 1. The number of halogens is 1. The van der Waals surface area contributed by atoms with E-state index in [2.05, 4.69) is 10.5 Å². The van der Waals surface area contributed by atoms with Gasteiger partial charge in [-0.2, -0.15) is 5.10 Å². The first kappa shape index (κ1) is 25.1. The maximum atomic E-state index is 12.5. The molecule has 0 spiro atoms. The van der Waals surface area contributed by atoms with Crippen molar-refractivity contribution in [2.75, 3.05) is 20.7 Å². The fraction of sp³-hybridized carbons (Fsp3) is 0.125. The molecule has 3 rings (SSSR count). The molecule has 0 aliphatic heterocycles. The molecule has 0 aromatic heterocycles. The molecule has 0 aliphatic carbocycles. The molecule has 0 saturated carbocycles. The largest absolute Gasteiger partial charge is 0.452 e. The summed E-state index contributed by atoms with van der Waals surface area (Å²) in [6.45, 7) is -0.639. The SMILES string of the molecule is CN(C)S(=O)(=O)c1ccc(Cl)c(C(=O)OCC(=O)NN=C(c2ccccc2)c2ccccc2)c1. The fourth-order valence-electron chi connectivity index (χ4n) is 2.88. The summed E-state index contributed by atoms with van der Waals surface area (Å²) < 4.78 is 30.7. The van der Waals surface area contributed by atoms with E-state index < -0.39 is 28.5 Å². The quantitative estimate of drug-likeness (QED) is 0.291. The molecule has 1 N–H and O–H groups in total. The topological polar surface area (TPSA) is 105 Å². The van der Waals surface area contributed by atoms with Gasteiger partial charge in [-0.05, 0) is 18.2 Å². The lowest BCUT2D eigenvalue weighted by molar-refractivity contribution is -0.124. The number of sulfonamides is 1.